The molecule has 0 unspecified atom stereocenters. The van der Waals surface area contributed by atoms with Crippen LogP contribution in [0.1, 0.15) is 37.3 Å². The van der Waals surface area contributed by atoms with Crippen LogP contribution in [0.3, 0.4) is 0 Å². The van der Waals surface area contributed by atoms with Crippen molar-refractivity contribution in [2.75, 3.05) is 37.6 Å². The lowest BCUT2D eigenvalue weighted by Crippen LogP contribution is -2.51. The third kappa shape index (κ3) is 5.51. The van der Waals surface area contributed by atoms with Crippen LogP contribution >= 0.6 is 0 Å². The minimum absolute atomic E-state index is 0.0229. The van der Waals surface area contributed by atoms with Gasteiger partial charge in [-0.1, -0.05) is 49.5 Å². The average molecular weight is 644 g/mol. The van der Waals surface area contributed by atoms with E-state index in [0.717, 1.165) is 47.6 Å². The zero-order valence-corrected chi connectivity index (χ0v) is 28.3. The molecule has 1 spiro atoms. The van der Waals surface area contributed by atoms with Crippen LogP contribution < -0.4 is 30.2 Å². The van der Waals surface area contributed by atoms with E-state index in [1.807, 2.05) is 59.5 Å². The van der Waals surface area contributed by atoms with Crippen LogP contribution in [0.15, 0.2) is 66.7 Å². The molecular weight excluding hydrogens is 598 g/mol. The Kier molecular flexibility index (Phi) is 8.99. The number of amides is 2. The molecule has 3 N–H and O–H groups in total. The molecule has 0 radical (unpaired) electrons. The molecule has 3 aromatic rings. The van der Waals surface area contributed by atoms with Gasteiger partial charge >= 0.3 is 0 Å². The van der Waals surface area contributed by atoms with Gasteiger partial charge in [0, 0.05) is 23.8 Å². The number of rotatable bonds is 10. The van der Waals surface area contributed by atoms with Crippen LogP contribution in [-0.2, 0) is 26.5 Å². The monoisotopic (exact) mass is 643 g/mol. The van der Waals surface area contributed by atoms with Crippen LogP contribution in [0.4, 0.5) is 11.4 Å². The number of fused-ring (bicyclic) bond motifs is 2. The lowest BCUT2D eigenvalue weighted by atomic mass is 9.82. The van der Waals surface area contributed by atoms with Crippen LogP contribution in [0.25, 0.3) is 0 Å². The molecule has 3 aliphatic rings. The molecule has 46 heavy (non-hydrogen) atoms. The summed E-state index contributed by atoms with van der Waals surface area (Å²) in [7, 11) is 1.02. The number of methoxy groups -OCH3 is 2. The van der Waals surface area contributed by atoms with Crippen molar-refractivity contribution in [1.82, 2.24) is 5.32 Å². The molecule has 2 fully saturated rings. The molecule has 0 saturated carbocycles. The number of carbonyl (C=O) groups is 2. The first kappa shape index (κ1) is 32.2. The van der Waals surface area contributed by atoms with Gasteiger partial charge in [0.05, 0.1) is 46.7 Å². The van der Waals surface area contributed by atoms with Crippen molar-refractivity contribution < 1.29 is 28.9 Å². The summed E-state index contributed by atoms with van der Waals surface area (Å²) in [5.41, 5.74) is 2.11. The number of carbonyl (C=O) groups excluding carboxylic acids is 2. The maximum absolute atomic E-state index is 14.8. The number of nitrogens with zero attached hydrogens (tertiary/aromatic N) is 1. The summed E-state index contributed by atoms with van der Waals surface area (Å²) in [5, 5.41) is 17.7. The molecule has 3 heterocycles. The van der Waals surface area contributed by atoms with Crippen LogP contribution in [0, 0.1) is 5.92 Å². The molecule has 2 saturated heterocycles. The summed E-state index contributed by atoms with van der Waals surface area (Å²) in [6.45, 7) is 7.98. The lowest BCUT2D eigenvalue weighted by Gasteiger charge is -2.37. The Bertz CT molecular complexity index is 1570. The van der Waals surface area contributed by atoms with E-state index in [-0.39, 0.29) is 42.0 Å². The number of nitrogens with one attached hydrogen (secondary N) is 2. The predicted octanol–water partition coefficient (Wildman–Crippen LogP) is 4.54. The number of anilines is 2. The van der Waals surface area contributed by atoms with E-state index >= 15 is 0 Å². The molecule has 6 rings (SSSR count). The van der Waals surface area contributed by atoms with E-state index in [4.69, 9.17) is 14.2 Å². The molecule has 0 aromatic heterocycles. The molecule has 9 nitrogen and oxygen atoms in total. The Morgan fingerprint density at radius 1 is 1.07 bits per heavy atom. The van der Waals surface area contributed by atoms with Crippen molar-refractivity contribution in [3.8, 4) is 11.5 Å². The highest BCUT2D eigenvalue weighted by atomic mass is 28.3. The summed E-state index contributed by atoms with van der Waals surface area (Å²) in [6.07, 6.45) is 1.98. The molecule has 0 bridgehead atoms. The van der Waals surface area contributed by atoms with Gasteiger partial charge in [-0.3, -0.25) is 9.59 Å². The van der Waals surface area contributed by atoms with Gasteiger partial charge in [0.1, 0.15) is 11.5 Å². The Morgan fingerprint density at radius 2 is 1.76 bits per heavy atom. The number of aliphatic hydroxyl groups excluding tert-OH is 1. The lowest BCUT2D eigenvalue weighted by molar-refractivity contribution is -0.146. The first-order valence-corrected chi connectivity index (χ1v) is 19.3. The largest absolute Gasteiger partial charge is 0.497 e. The van der Waals surface area contributed by atoms with Crippen molar-refractivity contribution in [1.29, 1.82) is 0 Å². The van der Waals surface area contributed by atoms with E-state index in [0.29, 0.717) is 18.7 Å². The Labute approximate surface area is 272 Å². The number of benzene rings is 3. The van der Waals surface area contributed by atoms with Crippen LogP contribution in [0.2, 0.25) is 18.6 Å². The van der Waals surface area contributed by atoms with Gasteiger partial charge in [-0.25, -0.2) is 0 Å². The maximum atomic E-state index is 14.8. The summed E-state index contributed by atoms with van der Waals surface area (Å²) >= 11 is 0. The Hall–Kier alpha value is -3.70. The molecule has 10 heteroatoms. The smallest absolute Gasteiger partial charge is 0.264 e. The van der Waals surface area contributed by atoms with Gasteiger partial charge in [0.2, 0.25) is 5.91 Å². The van der Waals surface area contributed by atoms with Gasteiger partial charge < -0.3 is 34.9 Å². The van der Waals surface area contributed by atoms with Crippen LogP contribution in [0.5, 0.6) is 11.5 Å². The Morgan fingerprint density at radius 3 is 2.39 bits per heavy atom. The number of ether oxygens (including phenoxy) is 3. The number of aliphatic hydroxyl groups is 1. The normalized spacial score (nSPS) is 25.6. The first-order valence-electron chi connectivity index (χ1n) is 16.2. The van der Waals surface area contributed by atoms with E-state index in [1.54, 1.807) is 14.2 Å². The molecule has 244 valence electrons. The van der Waals surface area contributed by atoms with Crippen molar-refractivity contribution in [3.05, 3.63) is 77.9 Å². The van der Waals surface area contributed by atoms with Crippen molar-refractivity contribution in [3.63, 3.8) is 0 Å². The van der Waals surface area contributed by atoms with Gasteiger partial charge in [0.15, 0.2) is 5.60 Å². The second-order valence-corrected chi connectivity index (χ2v) is 18.0. The molecule has 2 amide bonds. The van der Waals surface area contributed by atoms with E-state index in [1.165, 1.54) is 5.19 Å². The van der Waals surface area contributed by atoms with Gasteiger partial charge in [-0.2, -0.15) is 0 Å². The van der Waals surface area contributed by atoms with Crippen LogP contribution in [-0.4, -0.2) is 64.5 Å². The highest BCUT2D eigenvalue weighted by molar-refractivity contribution is 6.91. The quantitative estimate of drug-likeness (QED) is 0.279. The fourth-order valence-corrected chi connectivity index (χ4v) is 12.0. The van der Waals surface area contributed by atoms with Gasteiger partial charge in [0.25, 0.3) is 5.91 Å². The third-order valence-corrected chi connectivity index (χ3v) is 14.8. The van der Waals surface area contributed by atoms with Gasteiger partial charge in [-0.15, -0.1) is 0 Å². The fourth-order valence-electron chi connectivity index (χ4n) is 7.99. The molecule has 5 atom stereocenters. The van der Waals surface area contributed by atoms with Gasteiger partial charge in [-0.05, 0) is 79.4 Å². The molecule has 3 aliphatic heterocycles. The minimum atomic E-state index is -2.27. The van der Waals surface area contributed by atoms with Crippen molar-refractivity contribution in [2.24, 2.45) is 5.92 Å². The van der Waals surface area contributed by atoms with Crippen molar-refractivity contribution in [2.45, 2.75) is 69.1 Å². The number of hydrogen-bond acceptors (Lipinski definition) is 7. The van der Waals surface area contributed by atoms with E-state index in [2.05, 4.69) is 42.8 Å². The zero-order valence-electron chi connectivity index (χ0n) is 27.3. The summed E-state index contributed by atoms with van der Waals surface area (Å²) in [4.78, 5) is 29.3. The minimum Gasteiger partial charge on any atom is -0.497 e. The first-order chi connectivity index (χ1) is 22.1. The maximum Gasteiger partial charge on any atom is 0.264 e. The highest BCUT2D eigenvalue weighted by Gasteiger charge is 2.66. The molecular formula is C36H45N3O6Si. The third-order valence-electron chi connectivity index (χ3n) is 10.4. The van der Waals surface area contributed by atoms with Crippen molar-refractivity contribution >= 4 is 36.4 Å². The predicted molar refractivity (Wildman–Crippen MR) is 182 cm³/mol. The topological polar surface area (TPSA) is 109 Å². The second kappa shape index (κ2) is 12.8. The standard InChI is InChI=1S/C36H45N3O6Si/c1-23-33(46(4,5)28-15-12-26(43-2)13-16-28)32(18-20-40)45-36(23)29-21-27(44-3)14-17-31(29)39(35(36)42)22-24-8-10-25(11-9-24)38-34(41)30-7-6-19-37-30/h8-17,21,23,30,32-33,37,40H,6-7,18-20,22H2,1-5H3,(H,38,41)/t23-,30-,32+,33-,36+/m1/s1. The van der Waals surface area contributed by atoms with E-state index < -0.39 is 13.7 Å². The summed E-state index contributed by atoms with van der Waals surface area (Å²) in [6, 6.07) is 21.5. The summed E-state index contributed by atoms with van der Waals surface area (Å²) in [5.74, 6) is 1.17. The second-order valence-electron chi connectivity index (χ2n) is 13.3. The highest BCUT2D eigenvalue weighted by Crippen LogP contribution is 2.60. The Balaban J connectivity index is 1.33. The summed E-state index contributed by atoms with van der Waals surface area (Å²) < 4.78 is 18.1. The zero-order chi connectivity index (χ0) is 32.6. The average Bonchev–Trinajstić information content (AvgIpc) is 3.76. The number of hydrogen-bond donors (Lipinski definition) is 3. The van der Waals surface area contributed by atoms with E-state index in [9.17, 15) is 14.7 Å². The fraction of sp³-hybridized carbons (Fsp3) is 0.444. The SMILES string of the molecule is COc1ccc([Si](C)(C)[C@H]2[C@H](CCO)O[C@@]3(C(=O)N(Cc4ccc(NC(=O)[C@H]5CCCN5)cc4)c4ccc(OC)cc43)[C@@H]2C)cc1. The molecule has 0 aliphatic carbocycles. The molecule has 3 aromatic carbocycles.